The molecule has 0 saturated heterocycles. The highest BCUT2D eigenvalue weighted by molar-refractivity contribution is 6.42. The number of hydrogen-bond donors (Lipinski definition) is 0. The van der Waals surface area contributed by atoms with Crippen LogP contribution in [-0.2, 0) is 25.8 Å². The van der Waals surface area contributed by atoms with Crippen LogP contribution in [0.15, 0.2) is 18.2 Å². The first-order valence-corrected chi connectivity index (χ1v) is 7.26. The monoisotopic (exact) mass is 350 g/mol. The molecule has 0 atom stereocenters. The molecule has 0 radical (unpaired) electrons. The second-order valence-corrected chi connectivity index (χ2v) is 5.86. The molecular weight excluding hydrogens is 340 g/mol. The smallest absolute Gasteiger partial charge is 0.305 e. The van der Waals surface area contributed by atoms with Crippen molar-refractivity contribution in [3.8, 4) is 0 Å². The van der Waals surface area contributed by atoms with E-state index in [1.54, 1.807) is 12.1 Å². The standard InChI is InChI=1S/C13H11Cl2F3N4/c14-9-2-1-8(5-10(9)15)6-21-3-4-22-11(7-21)19-20-12(22)13(16,17)18/h1-2,5H,3-4,6-7H2. The molecule has 1 aromatic carbocycles. The summed E-state index contributed by atoms with van der Waals surface area (Å²) in [6.45, 7) is 1.56. The van der Waals surface area contributed by atoms with E-state index in [9.17, 15) is 13.2 Å². The summed E-state index contributed by atoms with van der Waals surface area (Å²) in [4.78, 5) is 1.99. The zero-order valence-corrected chi connectivity index (χ0v) is 12.8. The summed E-state index contributed by atoms with van der Waals surface area (Å²) in [5.41, 5.74) is 0.943. The molecule has 1 aliphatic rings. The minimum absolute atomic E-state index is 0.207. The molecular formula is C13H11Cl2F3N4. The van der Waals surface area contributed by atoms with Crippen LogP contribution < -0.4 is 0 Å². The lowest BCUT2D eigenvalue weighted by Gasteiger charge is -2.28. The maximum Gasteiger partial charge on any atom is 0.451 e. The van der Waals surface area contributed by atoms with Gasteiger partial charge in [-0.05, 0) is 17.7 Å². The van der Waals surface area contributed by atoms with Gasteiger partial charge in [-0.1, -0.05) is 29.3 Å². The number of hydrogen-bond acceptors (Lipinski definition) is 3. The lowest BCUT2D eigenvalue weighted by atomic mass is 10.2. The average molecular weight is 351 g/mol. The molecule has 0 aliphatic carbocycles. The zero-order valence-electron chi connectivity index (χ0n) is 11.2. The highest BCUT2D eigenvalue weighted by Crippen LogP contribution is 2.30. The van der Waals surface area contributed by atoms with Crippen molar-refractivity contribution in [1.82, 2.24) is 19.7 Å². The summed E-state index contributed by atoms with van der Waals surface area (Å²) in [7, 11) is 0. The highest BCUT2D eigenvalue weighted by Gasteiger charge is 2.39. The summed E-state index contributed by atoms with van der Waals surface area (Å²) in [6.07, 6.45) is -4.48. The number of benzene rings is 1. The topological polar surface area (TPSA) is 34.0 Å². The molecule has 0 N–H and O–H groups in total. The number of halogens is 5. The molecule has 3 rings (SSSR count). The predicted molar refractivity (Wildman–Crippen MR) is 75.6 cm³/mol. The molecule has 2 heterocycles. The molecule has 0 amide bonds. The van der Waals surface area contributed by atoms with Gasteiger partial charge in [0.15, 0.2) is 0 Å². The molecule has 4 nitrogen and oxygen atoms in total. The Labute approximate surface area is 134 Å². The SMILES string of the molecule is FC(F)(F)c1nnc2n1CCN(Cc1ccc(Cl)c(Cl)c1)C2. The molecule has 0 fully saturated rings. The van der Waals surface area contributed by atoms with E-state index in [1.165, 1.54) is 0 Å². The van der Waals surface area contributed by atoms with Gasteiger partial charge in [0.25, 0.3) is 0 Å². The maximum absolute atomic E-state index is 12.8. The van der Waals surface area contributed by atoms with Crippen LogP contribution in [0.1, 0.15) is 17.2 Å². The van der Waals surface area contributed by atoms with Crippen molar-refractivity contribution in [2.45, 2.75) is 25.8 Å². The molecule has 22 heavy (non-hydrogen) atoms. The van der Waals surface area contributed by atoms with E-state index in [0.29, 0.717) is 35.5 Å². The van der Waals surface area contributed by atoms with E-state index in [-0.39, 0.29) is 6.54 Å². The molecule has 0 spiro atoms. The first kappa shape index (κ1) is 15.6. The van der Waals surface area contributed by atoms with E-state index in [4.69, 9.17) is 23.2 Å². The molecule has 1 aliphatic heterocycles. The van der Waals surface area contributed by atoms with Gasteiger partial charge in [-0.3, -0.25) is 4.90 Å². The minimum Gasteiger partial charge on any atom is -0.305 e. The first-order chi connectivity index (χ1) is 10.3. The Bertz CT molecular complexity index is 699. The van der Waals surface area contributed by atoms with Gasteiger partial charge in [0, 0.05) is 19.6 Å². The Morgan fingerprint density at radius 2 is 1.86 bits per heavy atom. The predicted octanol–water partition coefficient (Wildman–Crippen LogP) is 3.62. The highest BCUT2D eigenvalue weighted by atomic mass is 35.5. The van der Waals surface area contributed by atoms with Gasteiger partial charge in [0.05, 0.1) is 16.6 Å². The van der Waals surface area contributed by atoms with Crippen LogP contribution in [0.25, 0.3) is 0 Å². The Hall–Kier alpha value is -1.31. The number of aromatic nitrogens is 3. The van der Waals surface area contributed by atoms with Gasteiger partial charge >= 0.3 is 6.18 Å². The molecule has 118 valence electrons. The van der Waals surface area contributed by atoms with Crippen molar-refractivity contribution < 1.29 is 13.2 Å². The summed E-state index contributed by atoms with van der Waals surface area (Å²) in [6, 6.07) is 5.30. The molecule has 0 bridgehead atoms. The van der Waals surface area contributed by atoms with E-state index < -0.39 is 12.0 Å². The van der Waals surface area contributed by atoms with Crippen LogP contribution in [0.4, 0.5) is 13.2 Å². The van der Waals surface area contributed by atoms with Crippen molar-refractivity contribution in [2.75, 3.05) is 6.54 Å². The Balaban J connectivity index is 1.75. The summed E-state index contributed by atoms with van der Waals surface area (Å²) < 4.78 is 39.4. The van der Waals surface area contributed by atoms with Gasteiger partial charge in [-0.15, -0.1) is 10.2 Å². The van der Waals surface area contributed by atoms with Crippen LogP contribution in [0, 0.1) is 0 Å². The van der Waals surface area contributed by atoms with Crippen LogP contribution in [0.2, 0.25) is 10.0 Å². The van der Waals surface area contributed by atoms with E-state index in [1.807, 2.05) is 11.0 Å². The Morgan fingerprint density at radius 3 is 2.55 bits per heavy atom. The Kier molecular flexibility index (Phi) is 4.05. The van der Waals surface area contributed by atoms with Crippen molar-refractivity contribution in [2.24, 2.45) is 0 Å². The van der Waals surface area contributed by atoms with Crippen molar-refractivity contribution >= 4 is 23.2 Å². The fraction of sp³-hybridized carbons (Fsp3) is 0.385. The van der Waals surface area contributed by atoms with Gasteiger partial charge in [0.2, 0.25) is 5.82 Å². The molecule has 0 saturated carbocycles. The number of alkyl halides is 3. The minimum atomic E-state index is -4.48. The largest absolute Gasteiger partial charge is 0.451 e. The molecule has 2 aromatic rings. The van der Waals surface area contributed by atoms with Gasteiger partial charge in [-0.2, -0.15) is 13.2 Å². The van der Waals surface area contributed by atoms with Gasteiger partial charge in [-0.25, -0.2) is 0 Å². The lowest BCUT2D eigenvalue weighted by Crippen LogP contribution is -2.34. The van der Waals surface area contributed by atoms with Gasteiger partial charge in [0.1, 0.15) is 5.82 Å². The van der Waals surface area contributed by atoms with Crippen LogP contribution >= 0.6 is 23.2 Å². The second-order valence-electron chi connectivity index (χ2n) is 5.05. The molecule has 0 unspecified atom stereocenters. The summed E-state index contributed by atoms with van der Waals surface area (Å²) in [5.74, 6) is -0.615. The third-order valence-electron chi connectivity index (χ3n) is 3.48. The van der Waals surface area contributed by atoms with Gasteiger partial charge < -0.3 is 4.57 Å². The van der Waals surface area contributed by atoms with E-state index >= 15 is 0 Å². The van der Waals surface area contributed by atoms with Crippen molar-refractivity contribution in [3.63, 3.8) is 0 Å². The van der Waals surface area contributed by atoms with Crippen LogP contribution in [-0.4, -0.2) is 26.2 Å². The third kappa shape index (κ3) is 3.06. The van der Waals surface area contributed by atoms with Crippen LogP contribution in [0.3, 0.4) is 0 Å². The summed E-state index contributed by atoms with van der Waals surface area (Å²) >= 11 is 11.8. The fourth-order valence-electron chi connectivity index (χ4n) is 2.45. The average Bonchev–Trinajstić information content (AvgIpc) is 2.86. The van der Waals surface area contributed by atoms with Crippen molar-refractivity contribution in [3.05, 3.63) is 45.5 Å². The fourth-order valence-corrected chi connectivity index (χ4v) is 2.77. The Morgan fingerprint density at radius 1 is 1.09 bits per heavy atom. The molecule has 1 aromatic heterocycles. The van der Waals surface area contributed by atoms with E-state index in [2.05, 4.69) is 10.2 Å². The normalized spacial score (nSPS) is 15.9. The quantitative estimate of drug-likeness (QED) is 0.829. The van der Waals surface area contributed by atoms with Crippen LogP contribution in [0.5, 0.6) is 0 Å². The number of nitrogens with zero attached hydrogens (tertiary/aromatic N) is 4. The summed E-state index contributed by atoms with van der Waals surface area (Å²) in [5, 5.41) is 7.84. The second kappa shape index (κ2) is 5.72. The van der Waals surface area contributed by atoms with Crippen molar-refractivity contribution in [1.29, 1.82) is 0 Å². The lowest BCUT2D eigenvalue weighted by molar-refractivity contribution is -0.148. The zero-order chi connectivity index (χ0) is 15.9. The van der Waals surface area contributed by atoms with E-state index in [0.717, 1.165) is 10.1 Å². The third-order valence-corrected chi connectivity index (χ3v) is 4.22. The first-order valence-electron chi connectivity index (χ1n) is 6.50. The molecule has 9 heteroatoms. The number of fused-ring (bicyclic) bond motifs is 1. The number of rotatable bonds is 2. The maximum atomic E-state index is 12.8.